The number of benzene rings is 1. The van der Waals surface area contributed by atoms with Crippen molar-refractivity contribution < 1.29 is 4.79 Å². The van der Waals surface area contributed by atoms with Crippen LogP contribution in [0.5, 0.6) is 0 Å². The van der Waals surface area contributed by atoms with Crippen LogP contribution in [-0.2, 0) is 13.5 Å². The van der Waals surface area contributed by atoms with E-state index < -0.39 is 0 Å². The van der Waals surface area contributed by atoms with Gasteiger partial charge in [0.1, 0.15) is 0 Å². The largest absolute Gasteiger partial charge is 0.399 e. The molecule has 0 spiro atoms. The SMILES string of the molecule is CCc1nn(C)cc1NC(=O)c1ccc(N)cc1Cl. The normalized spacial score (nSPS) is 10.5. The van der Waals surface area contributed by atoms with Crippen LogP contribution in [0.3, 0.4) is 0 Å². The number of aromatic nitrogens is 2. The molecular formula is C13H15ClN4O. The number of hydrogen-bond donors (Lipinski definition) is 2. The second-order valence-electron chi connectivity index (χ2n) is 4.21. The Kier molecular flexibility index (Phi) is 3.76. The predicted octanol–water partition coefficient (Wildman–Crippen LogP) is 2.47. The first kappa shape index (κ1) is 13.4. The van der Waals surface area contributed by atoms with Crippen LogP contribution in [0, 0.1) is 0 Å². The van der Waals surface area contributed by atoms with E-state index in [2.05, 4.69) is 10.4 Å². The minimum Gasteiger partial charge on any atom is -0.399 e. The molecule has 0 atom stereocenters. The molecule has 0 saturated carbocycles. The van der Waals surface area contributed by atoms with Crippen LogP contribution in [0.2, 0.25) is 5.02 Å². The first-order chi connectivity index (χ1) is 9.01. The Morgan fingerprint density at radius 1 is 1.53 bits per heavy atom. The van der Waals surface area contributed by atoms with Gasteiger partial charge in [-0.05, 0) is 24.6 Å². The summed E-state index contributed by atoms with van der Waals surface area (Å²) in [6, 6.07) is 4.81. The second kappa shape index (κ2) is 5.32. The first-order valence-electron chi connectivity index (χ1n) is 5.90. The molecule has 0 unspecified atom stereocenters. The maximum Gasteiger partial charge on any atom is 0.257 e. The second-order valence-corrected chi connectivity index (χ2v) is 4.62. The third-order valence-electron chi connectivity index (χ3n) is 2.73. The Morgan fingerprint density at radius 2 is 2.26 bits per heavy atom. The molecule has 0 radical (unpaired) electrons. The molecule has 6 heteroatoms. The Hall–Kier alpha value is -2.01. The van der Waals surface area contributed by atoms with E-state index in [1.807, 2.05) is 14.0 Å². The van der Waals surface area contributed by atoms with Crippen LogP contribution in [0.15, 0.2) is 24.4 Å². The summed E-state index contributed by atoms with van der Waals surface area (Å²) in [5.41, 5.74) is 8.05. The van der Waals surface area contributed by atoms with E-state index in [0.29, 0.717) is 22.0 Å². The van der Waals surface area contributed by atoms with Crippen LogP contribution in [0.1, 0.15) is 23.0 Å². The molecule has 1 aromatic heterocycles. The number of anilines is 2. The van der Waals surface area contributed by atoms with Gasteiger partial charge in [0.15, 0.2) is 0 Å². The van der Waals surface area contributed by atoms with Crippen molar-refractivity contribution in [1.29, 1.82) is 0 Å². The van der Waals surface area contributed by atoms with Gasteiger partial charge < -0.3 is 11.1 Å². The third kappa shape index (κ3) is 2.88. The highest BCUT2D eigenvalue weighted by molar-refractivity contribution is 6.34. The summed E-state index contributed by atoms with van der Waals surface area (Å²) in [6.07, 6.45) is 2.51. The van der Waals surface area contributed by atoms with Crippen molar-refractivity contribution in [2.75, 3.05) is 11.1 Å². The van der Waals surface area contributed by atoms with Gasteiger partial charge in [-0.3, -0.25) is 9.48 Å². The van der Waals surface area contributed by atoms with Crippen molar-refractivity contribution in [3.05, 3.63) is 40.7 Å². The van der Waals surface area contributed by atoms with Crippen molar-refractivity contribution in [1.82, 2.24) is 9.78 Å². The fourth-order valence-corrected chi connectivity index (χ4v) is 2.08. The molecule has 2 rings (SSSR count). The molecule has 100 valence electrons. The number of nitrogens with zero attached hydrogens (tertiary/aromatic N) is 2. The Morgan fingerprint density at radius 3 is 2.89 bits per heavy atom. The summed E-state index contributed by atoms with van der Waals surface area (Å²) in [6.45, 7) is 1.98. The average molecular weight is 279 g/mol. The maximum absolute atomic E-state index is 12.2. The number of hydrogen-bond acceptors (Lipinski definition) is 3. The number of carbonyl (C=O) groups is 1. The molecule has 0 bridgehead atoms. The fraction of sp³-hybridized carbons (Fsp3) is 0.231. The summed E-state index contributed by atoms with van der Waals surface area (Å²) in [5, 5.41) is 7.41. The highest BCUT2D eigenvalue weighted by Gasteiger charge is 2.14. The summed E-state index contributed by atoms with van der Waals surface area (Å²) >= 11 is 6.01. The van der Waals surface area contributed by atoms with Crippen molar-refractivity contribution in [2.45, 2.75) is 13.3 Å². The Bertz CT molecular complexity index is 621. The molecule has 0 aliphatic rings. The van der Waals surface area contributed by atoms with E-state index >= 15 is 0 Å². The minimum absolute atomic E-state index is 0.271. The number of carbonyl (C=O) groups excluding carboxylic acids is 1. The Balaban J connectivity index is 2.25. The zero-order valence-electron chi connectivity index (χ0n) is 10.8. The standard InChI is InChI=1S/C13H15ClN4O/c1-3-11-12(7-18(2)17-11)16-13(19)9-5-4-8(15)6-10(9)14/h4-7H,3,15H2,1-2H3,(H,16,19). The lowest BCUT2D eigenvalue weighted by atomic mass is 10.2. The molecule has 1 heterocycles. The number of halogens is 1. The van der Waals surface area contributed by atoms with Crippen molar-refractivity contribution in [3.8, 4) is 0 Å². The number of aryl methyl sites for hydroxylation is 2. The fourth-order valence-electron chi connectivity index (χ4n) is 1.81. The minimum atomic E-state index is -0.271. The average Bonchev–Trinajstić information content (AvgIpc) is 2.69. The van der Waals surface area contributed by atoms with Crippen LogP contribution in [0.4, 0.5) is 11.4 Å². The molecule has 5 nitrogen and oxygen atoms in total. The van der Waals surface area contributed by atoms with E-state index in [9.17, 15) is 4.79 Å². The quantitative estimate of drug-likeness (QED) is 0.847. The molecule has 2 aromatic rings. The smallest absolute Gasteiger partial charge is 0.257 e. The molecule has 0 fully saturated rings. The van der Waals surface area contributed by atoms with Crippen molar-refractivity contribution in [3.63, 3.8) is 0 Å². The number of nitrogens with two attached hydrogens (primary N) is 1. The summed E-state index contributed by atoms with van der Waals surface area (Å²) in [4.78, 5) is 12.2. The monoisotopic (exact) mass is 278 g/mol. The van der Waals surface area contributed by atoms with Gasteiger partial charge in [0.05, 0.1) is 22.0 Å². The highest BCUT2D eigenvalue weighted by Crippen LogP contribution is 2.21. The van der Waals surface area contributed by atoms with Crippen LogP contribution in [0.25, 0.3) is 0 Å². The van der Waals surface area contributed by atoms with Gasteiger partial charge in [0.2, 0.25) is 0 Å². The lowest BCUT2D eigenvalue weighted by molar-refractivity contribution is 0.102. The summed E-state index contributed by atoms with van der Waals surface area (Å²) < 4.78 is 1.67. The zero-order valence-corrected chi connectivity index (χ0v) is 11.5. The van der Waals surface area contributed by atoms with E-state index in [1.54, 1.807) is 29.1 Å². The van der Waals surface area contributed by atoms with Crippen LogP contribution in [-0.4, -0.2) is 15.7 Å². The molecule has 0 aliphatic carbocycles. The van der Waals surface area contributed by atoms with Gasteiger partial charge in [0.25, 0.3) is 5.91 Å². The van der Waals surface area contributed by atoms with E-state index in [4.69, 9.17) is 17.3 Å². The Labute approximate surface area is 116 Å². The van der Waals surface area contributed by atoms with Crippen molar-refractivity contribution in [2.24, 2.45) is 7.05 Å². The lowest BCUT2D eigenvalue weighted by Gasteiger charge is -2.06. The van der Waals surface area contributed by atoms with E-state index in [-0.39, 0.29) is 5.91 Å². The number of nitrogens with one attached hydrogen (secondary N) is 1. The molecule has 3 N–H and O–H groups in total. The lowest BCUT2D eigenvalue weighted by Crippen LogP contribution is -2.13. The number of nitrogen functional groups attached to an aromatic ring is 1. The molecule has 1 amide bonds. The summed E-state index contributed by atoms with van der Waals surface area (Å²) in [5.74, 6) is -0.271. The molecular weight excluding hydrogens is 264 g/mol. The maximum atomic E-state index is 12.2. The molecule has 0 aliphatic heterocycles. The summed E-state index contributed by atoms with van der Waals surface area (Å²) in [7, 11) is 1.81. The third-order valence-corrected chi connectivity index (χ3v) is 3.04. The molecule has 19 heavy (non-hydrogen) atoms. The van der Waals surface area contributed by atoms with E-state index in [0.717, 1.165) is 12.1 Å². The molecule has 0 saturated heterocycles. The van der Waals surface area contributed by atoms with Crippen LogP contribution >= 0.6 is 11.6 Å². The first-order valence-corrected chi connectivity index (χ1v) is 6.28. The van der Waals surface area contributed by atoms with Crippen molar-refractivity contribution >= 4 is 28.9 Å². The van der Waals surface area contributed by atoms with E-state index in [1.165, 1.54) is 0 Å². The highest BCUT2D eigenvalue weighted by atomic mass is 35.5. The van der Waals surface area contributed by atoms with Gasteiger partial charge >= 0.3 is 0 Å². The topological polar surface area (TPSA) is 72.9 Å². The number of rotatable bonds is 3. The van der Waals surface area contributed by atoms with Crippen LogP contribution < -0.4 is 11.1 Å². The molecule has 1 aromatic carbocycles. The zero-order chi connectivity index (χ0) is 14.0. The predicted molar refractivity (Wildman–Crippen MR) is 76.4 cm³/mol. The van der Waals surface area contributed by atoms with Gasteiger partial charge in [-0.2, -0.15) is 5.10 Å². The van der Waals surface area contributed by atoms with Gasteiger partial charge in [-0.15, -0.1) is 0 Å². The van der Waals surface area contributed by atoms with Gasteiger partial charge in [-0.1, -0.05) is 18.5 Å². The van der Waals surface area contributed by atoms with Gasteiger partial charge in [-0.25, -0.2) is 0 Å². The van der Waals surface area contributed by atoms with Gasteiger partial charge in [0, 0.05) is 18.9 Å². The number of amides is 1.